The van der Waals surface area contributed by atoms with Gasteiger partial charge in [-0.3, -0.25) is 4.79 Å². The van der Waals surface area contributed by atoms with E-state index in [-0.39, 0.29) is 11.9 Å². The molecule has 1 fully saturated rings. The first-order chi connectivity index (χ1) is 6.72. The molecule has 14 heavy (non-hydrogen) atoms. The molecular formula is C9H11N3O2. The molecule has 1 amide bonds. The molecule has 0 bridgehead atoms. The molecule has 0 radical (unpaired) electrons. The second-order valence-corrected chi connectivity index (χ2v) is 3.11. The lowest BCUT2D eigenvalue weighted by Crippen LogP contribution is -2.61. The molecule has 1 saturated heterocycles. The van der Waals surface area contributed by atoms with Gasteiger partial charge in [0.25, 0.3) is 0 Å². The summed E-state index contributed by atoms with van der Waals surface area (Å²) in [6.07, 6.45) is 1.60. The van der Waals surface area contributed by atoms with Crippen molar-refractivity contribution in [1.82, 2.24) is 4.98 Å². The van der Waals surface area contributed by atoms with Crippen LogP contribution < -0.4 is 15.4 Å². The Hall–Kier alpha value is -1.62. The minimum atomic E-state index is -0.350. The summed E-state index contributed by atoms with van der Waals surface area (Å²) in [7, 11) is 1.55. The minimum absolute atomic E-state index is 0.0584. The maximum Gasteiger partial charge on any atom is 0.245 e. The van der Waals surface area contributed by atoms with Crippen LogP contribution >= 0.6 is 0 Å². The average Bonchev–Trinajstić information content (AvgIpc) is 2.25. The maximum atomic E-state index is 11.3. The van der Waals surface area contributed by atoms with Crippen LogP contribution in [0.1, 0.15) is 0 Å². The SMILES string of the molecule is COc1ccc(N2CC(N)C2=O)cn1. The van der Waals surface area contributed by atoms with E-state index >= 15 is 0 Å². The van der Waals surface area contributed by atoms with E-state index in [1.807, 2.05) is 0 Å². The van der Waals surface area contributed by atoms with E-state index < -0.39 is 0 Å². The number of aromatic nitrogens is 1. The molecule has 2 rings (SSSR count). The first-order valence-electron chi connectivity index (χ1n) is 4.29. The van der Waals surface area contributed by atoms with E-state index in [0.717, 1.165) is 5.69 Å². The van der Waals surface area contributed by atoms with Gasteiger partial charge in [-0.25, -0.2) is 4.98 Å². The highest BCUT2D eigenvalue weighted by atomic mass is 16.5. The van der Waals surface area contributed by atoms with Gasteiger partial charge in [-0.15, -0.1) is 0 Å². The van der Waals surface area contributed by atoms with Gasteiger partial charge in [0.1, 0.15) is 6.04 Å². The van der Waals surface area contributed by atoms with Crippen molar-refractivity contribution in [2.24, 2.45) is 5.73 Å². The zero-order valence-corrected chi connectivity index (χ0v) is 7.80. The Morgan fingerprint density at radius 2 is 2.43 bits per heavy atom. The first kappa shape index (κ1) is 8.96. The third-order valence-electron chi connectivity index (χ3n) is 2.20. The van der Waals surface area contributed by atoms with Crippen molar-refractivity contribution in [3.8, 4) is 5.88 Å². The number of ether oxygens (including phenoxy) is 1. The zero-order valence-electron chi connectivity index (χ0n) is 7.80. The second kappa shape index (κ2) is 3.26. The summed E-state index contributed by atoms with van der Waals surface area (Å²) in [6, 6.07) is 3.15. The van der Waals surface area contributed by atoms with Crippen molar-refractivity contribution >= 4 is 11.6 Å². The fourth-order valence-electron chi connectivity index (χ4n) is 1.34. The third kappa shape index (κ3) is 1.31. The zero-order chi connectivity index (χ0) is 10.1. The fourth-order valence-corrected chi connectivity index (χ4v) is 1.34. The Bertz CT molecular complexity index is 350. The summed E-state index contributed by atoms with van der Waals surface area (Å²) in [6.45, 7) is 0.562. The van der Waals surface area contributed by atoms with Crippen LogP contribution in [0.3, 0.4) is 0 Å². The summed E-state index contributed by atoms with van der Waals surface area (Å²) >= 11 is 0. The number of carbonyl (C=O) groups is 1. The Kier molecular flexibility index (Phi) is 2.09. The second-order valence-electron chi connectivity index (χ2n) is 3.11. The molecule has 1 aromatic rings. The molecule has 1 atom stereocenters. The normalized spacial score (nSPS) is 20.6. The molecule has 1 aliphatic heterocycles. The average molecular weight is 193 g/mol. The largest absolute Gasteiger partial charge is 0.481 e. The molecule has 0 spiro atoms. The van der Waals surface area contributed by atoms with Gasteiger partial charge in [-0.1, -0.05) is 0 Å². The number of hydrogen-bond acceptors (Lipinski definition) is 4. The highest BCUT2D eigenvalue weighted by Crippen LogP contribution is 2.21. The quantitative estimate of drug-likeness (QED) is 0.658. The molecule has 2 N–H and O–H groups in total. The smallest absolute Gasteiger partial charge is 0.245 e. The van der Waals surface area contributed by atoms with E-state index in [1.165, 1.54) is 0 Å². The Morgan fingerprint density at radius 1 is 1.64 bits per heavy atom. The van der Waals surface area contributed by atoms with Gasteiger partial charge in [-0.2, -0.15) is 0 Å². The van der Waals surface area contributed by atoms with E-state index in [4.69, 9.17) is 10.5 Å². The lowest BCUT2D eigenvalue weighted by Gasteiger charge is -2.35. The molecule has 0 aliphatic carbocycles. The number of methoxy groups -OCH3 is 1. The van der Waals surface area contributed by atoms with Crippen molar-refractivity contribution < 1.29 is 9.53 Å². The summed E-state index contributed by atoms with van der Waals surface area (Å²) in [5.41, 5.74) is 6.23. The number of amides is 1. The highest BCUT2D eigenvalue weighted by Gasteiger charge is 2.34. The number of nitrogens with zero attached hydrogens (tertiary/aromatic N) is 2. The number of carbonyl (C=O) groups excluding carboxylic acids is 1. The summed E-state index contributed by atoms with van der Waals surface area (Å²) < 4.78 is 4.91. The Labute approximate surface area is 81.5 Å². The molecule has 0 aromatic carbocycles. The number of anilines is 1. The van der Waals surface area contributed by atoms with Crippen LogP contribution in [0.5, 0.6) is 5.88 Å². The van der Waals surface area contributed by atoms with Crippen molar-refractivity contribution in [1.29, 1.82) is 0 Å². The lowest BCUT2D eigenvalue weighted by molar-refractivity contribution is -0.123. The van der Waals surface area contributed by atoms with Gasteiger partial charge < -0.3 is 15.4 Å². The maximum absolute atomic E-state index is 11.3. The monoisotopic (exact) mass is 193 g/mol. The van der Waals surface area contributed by atoms with Crippen molar-refractivity contribution in [2.45, 2.75) is 6.04 Å². The van der Waals surface area contributed by atoms with Gasteiger partial charge in [0.2, 0.25) is 11.8 Å². The van der Waals surface area contributed by atoms with E-state index in [2.05, 4.69) is 4.98 Å². The number of pyridine rings is 1. The van der Waals surface area contributed by atoms with Crippen LogP contribution in [0.25, 0.3) is 0 Å². The molecular weight excluding hydrogens is 182 g/mol. The summed E-state index contributed by atoms with van der Waals surface area (Å²) in [5.74, 6) is 0.475. The predicted octanol–water partition coefficient (Wildman–Crippen LogP) is -0.236. The van der Waals surface area contributed by atoms with Crippen molar-refractivity contribution in [2.75, 3.05) is 18.6 Å². The molecule has 1 unspecified atom stereocenters. The van der Waals surface area contributed by atoms with Gasteiger partial charge in [0.05, 0.1) is 25.5 Å². The highest BCUT2D eigenvalue weighted by molar-refractivity contribution is 6.03. The predicted molar refractivity (Wildman–Crippen MR) is 51.1 cm³/mol. The molecule has 2 heterocycles. The standard InChI is InChI=1S/C9H11N3O2/c1-14-8-3-2-6(4-11-8)12-5-7(10)9(12)13/h2-4,7H,5,10H2,1H3. The van der Waals surface area contributed by atoms with E-state index in [9.17, 15) is 4.79 Å². The van der Waals surface area contributed by atoms with Crippen LogP contribution in [0.15, 0.2) is 18.3 Å². The Morgan fingerprint density at radius 3 is 2.86 bits per heavy atom. The van der Waals surface area contributed by atoms with Crippen LogP contribution in [0.2, 0.25) is 0 Å². The minimum Gasteiger partial charge on any atom is -0.481 e. The van der Waals surface area contributed by atoms with Gasteiger partial charge in [0.15, 0.2) is 0 Å². The van der Waals surface area contributed by atoms with Crippen LogP contribution in [0.4, 0.5) is 5.69 Å². The van der Waals surface area contributed by atoms with Crippen molar-refractivity contribution in [3.63, 3.8) is 0 Å². The van der Waals surface area contributed by atoms with E-state index in [0.29, 0.717) is 12.4 Å². The van der Waals surface area contributed by atoms with Crippen LogP contribution in [0, 0.1) is 0 Å². The number of nitrogens with two attached hydrogens (primary N) is 1. The number of rotatable bonds is 2. The number of β-lactam (4-membered cyclic amide) rings is 1. The molecule has 0 saturated carbocycles. The first-order valence-corrected chi connectivity index (χ1v) is 4.29. The molecule has 5 heteroatoms. The third-order valence-corrected chi connectivity index (χ3v) is 2.20. The summed E-state index contributed by atoms with van der Waals surface area (Å²) in [4.78, 5) is 16.9. The number of hydrogen-bond donors (Lipinski definition) is 1. The Balaban J connectivity index is 2.14. The fraction of sp³-hybridized carbons (Fsp3) is 0.333. The van der Waals surface area contributed by atoms with Crippen LogP contribution in [-0.4, -0.2) is 30.6 Å². The van der Waals surface area contributed by atoms with Crippen molar-refractivity contribution in [3.05, 3.63) is 18.3 Å². The lowest BCUT2D eigenvalue weighted by atomic mass is 10.1. The molecule has 1 aliphatic rings. The van der Waals surface area contributed by atoms with Gasteiger partial charge in [-0.05, 0) is 6.07 Å². The molecule has 74 valence electrons. The molecule has 1 aromatic heterocycles. The topological polar surface area (TPSA) is 68.5 Å². The molecule has 5 nitrogen and oxygen atoms in total. The summed E-state index contributed by atoms with van der Waals surface area (Å²) in [5, 5.41) is 0. The van der Waals surface area contributed by atoms with Crippen LogP contribution in [-0.2, 0) is 4.79 Å². The van der Waals surface area contributed by atoms with E-state index in [1.54, 1.807) is 30.3 Å². The van der Waals surface area contributed by atoms with Gasteiger partial charge in [0, 0.05) is 6.07 Å². The van der Waals surface area contributed by atoms with Gasteiger partial charge >= 0.3 is 0 Å².